The van der Waals surface area contributed by atoms with Crippen LogP contribution in [0.2, 0.25) is 0 Å². The Kier molecular flexibility index (Phi) is 45.1. The Morgan fingerprint density at radius 2 is 0.750 bits per heavy atom. The smallest absolute Gasteiger partial charge is 0.306 e. The highest BCUT2D eigenvalue weighted by Gasteiger charge is 2.19. The summed E-state index contributed by atoms with van der Waals surface area (Å²) in [7, 11) is 0. The van der Waals surface area contributed by atoms with Gasteiger partial charge in [0.25, 0.3) is 0 Å². The van der Waals surface area contributed by atoms with E-state index in [9.17, 15) is 14.4 Å². The highest BCUT2D eigenvalue weighted by Crippen LogP contribution is 2.15. The van der Waals surface area contributed by atoms with Crippen LogP contribution >= 0.6 is 0 Å². The van der Waals surface area contributed by atoms with Crippen molar-refractivity contribution in [2.24, 2.45) is 0 Å². The molecule has 1 atom stereocenters. The van der Waals surface area contributed by atoms with Crippen LogP contribution < -0.4 is 0 Å². The second-order valence-electron chi connectivity index (χ2n) is 15.7. The van der Waals surface area contributed by atoms with Crippen LogP contribution in [0, 0.1) is 0 Å². The van der Waals surface area contributed by atoms with E-state index in [1.807, 2.05) is 48.6 Å². The summed E-state index contributed by atoms with van der Waals surface area (Å²) in [4.78, 5) is 37.8. The third-order valence-electron chi connectivity index (χ3n) is 9.96. The van der Waals surface area contributed by atoms with Gasteiger partial charge in [-0.25, -0.2) is 0 Å². The molecular formula is C54H88O6. The number of hydrogen-bond donors (Lipinski definition) is 0. The third-order valence-corrected chi connectivity index (χ3v) is 9.96. The molecule has 0 amide bonds. The molecule has 0 saturated heterocycles. The number of rotatable bonds is 42. The fourth-order valence-corrected chi connectivity index (χ4v) is 6.37. The minimum atomic E-state index is -0.817. The van der Waals surface area contributed by atoms with Crippen LogP contribution in [-0.2, 0) is 28.6 Å². The number of allylic oxidation sites excluding steroid dienone is 16. The van der Waals surface area contributed by atoms with Gasteiger partial charge >= 0.3 is 17.9 Å². The molecule has 0 aliphatic rings. The predicted molar refractivity (Wildman–Crippen MR) is 256 cm³/mol. The molecule has 0 aromatic heterocycles. The lowest BCUT2D eigenvalue weighted by molar-refractivity contribution is -0.167. The SMILES string of the molecule is CC\C=C/C=C\C=C/C=C\C=C/CCCCCC(=O)OC(COC(=O)CCC/C=C\C/C=C\C/C=C\CC)COC(=O)CCCCCCCCCCCCCCCCCC. The molecule has 0 spiro atoms. The molecule has 0 aromatic carbocycles. The van der Waals surface area contributed by atoms with Gasteiger partial charge in [-0.1, -0.05) is 221 Å². The van der Waals surface area contributed by atoms with E-state index in [4.69, 9.17) is 14.2 Å². The first-order valence-corrected chi connectivity index (χ1v) is 24.3. The lowest BCUT2D eigenvalue weighted by atomic mass is 10.0. The second-order valence-corrected chi connectivity index (χ2v) is 15.7. The van der Waals surface area contributed by atoms with Gasteiger partial charge in [0.15, 0.2) is 6.10 Å². The maximum atomic E-state index is 12.7. The van der Waals surface area contributed by atoms with E-state index in [0.29, 0.717) is 19.3 Å². The number of unbranched alkanes of at least 4 members (excludes halogenated alkanes) is 19. The lowest BCUT2D eigenvalue weighted by Gasteiger charge is -2.18. The summed E-state index contributed by atoms with van der Waals surface area (Å²) in [6, 6.07) is 0. The van der Waals surface area contributed by atoms with Crippen molar-refractivity contribution in [2.45, 2.75) is 213 Å². The van der Waals surface area contributed by atoms with Crippen molar-refractivity contribution in [1.29, 1.82) is 0 Å². The zero-order valence-corrected chi connectivity index (χ0v) is 38.7. The summed E-state index contributed by atoms with van der Waals surface area (Å²) in [5.74, 6) is -1.01. The average Bonchev–Trinajstić information content (AvgIpc) is 3.24. The molecular weight excluding hydrogens is 745 g/mol. The van der Waals surface area contributed by atoms with Crippen LogP contribution in [0.4, 0.5) is 0 Å². The monoisotopic (exact) mass is 833 g/mol. The number of hydrogen-bond acceptors (Lipinski definition) is 6. The number of carbonyl (C=O) groups excluding carboxylic acids is 3. The highest BCUT2D eigenvalue weighted by atomic mass is 16.6. The molecule has 0 aromatic rings. The van der Waals surface area contributed by atoms with E-state index in [2.05, 4.69) is 69.4 Å². The molecule has 340 valence electrons. The van der Waals surface area contributed by atoms with Gasteiger partial charge < -0.3 is 14.2 Å². The first-order valence-electron chi connectivity index (χ1n) is 24.3. The van der Waals surface area contributed by atoms with Crippen molar-refractivity contribution < 1.29 is 28.6 Å². The summed E-state index contributed by atoms with van der Waals surface area (Å²) in [5.41, 5.74) is 0. The fourth-order valence-electron chi connectivity index (χ4n) is 6.37. The molecule has 0 N–H and O–H groups in total. The van der Waals surface area contributed by atoms with E-state index in [1.54, 1.807) is 0 Å². The third kappa shape index (κ3) is 45.4. The van der Waals surface area contributed by atoms with Crippen molar-refractivity contribution in [3.05, 3.63) is 97.2 Å². The molecule has 60 heavy (non-hydrogen) atoms. The number of esters is 3. The molecule has 0 radical (unpaired) electrons. The lowest BCUT2D eigenvalue weighted by Crippen LogP contribution is -2.30. The van der Waals surface area contributed by atoms with Crippen LogP contribution in [0.25, 0.3) is 0 Å². The molecule has 6 heteroatoms. The first kappa shape index (κ1) is 56.3. The Balaban J connectivity index is 4.49. The van der Waals surface area contributed by atoms with E-state index >= 15 is 0 Å². The van der Waals surface area contributed by atoms with Gasteiger partial charge in [-0.15, -0.1) is 0 Å². The van der Waals surface area contributed by atoms with Crippen molar-refractivity contribution in [2.75, 3.05) is 13.2 Å². The molecule has 0 aliphatic heterocycles. The quantitative estimate of drug-likeness (QED) is 0.0200. The summed E-state index contributed by atoms with van der Waals surface area (Å²) in [5, 5.41) is 0. The van der Waals surface area contributed by atoms with Gasteiger partial charge in [-0.3, -0.25) is 14.4 Å². The maximum Gasteiger partial charge on any atom is 0.306 e. The van der Waals surface area contributed by atoms with Crippen LogP contribution in [0.5, 0.6) is 0 Å². The number of ether oxygens (including phenoxy) is 3. The molecule has 0 aliphatic carbocycles. The first-order chi connectivity index (χ1) is 29.5. The maximum absolute atomic E-state index is 12.7. The molecule has 0 saturated carbocycles. The zero-order chi connectivity index (χ0) is 43.7. The average molecular weight is 833 g/mol. The molecule has 1 unspecified atom stereocenters. The summed E-state index contributed by atoms with van der Waals surface area (Å²) >= 11 is 0. The molecule has 0 rings (SSSR count). The second kappa shape index (κ2) is 48.0. The van der Waals surface area contributed by atoms with Gasteiger partial charge in [0.1, 0.15) is 13.2 Å². The summed E-state index contributed by atoms with van der Waals surface area (Å²) < 4.78 is 16.7. The number of carbonyl (C=O) groups is 3. The van der Waals surface area contributed by atoms with E-state index in [0.717, 1.165) is 70.6 Å². The van der Waals surface area contributed by atoms with Crippen molar-refractivity contribution in [3.8, 4) is 0 Å². The fraction of sp³-hybridized carbons (Fsp3) is 0.648. The molecule has 0 heterocycles. The van der Waals surface area contributed by atoms with E-state index < -0.39 is 6.10 Å². The Labute approximate surface area is 368 Å². The van der Waals surface area contributed by atoms with Crippen molar-refractivity contribution in [1.82, 2.24) is 0 Å². The minimum absolute atomic E-state index is 0.110. The molecule has 6 nitrogen and oxygen atoms in total. The largest absolute Gasteiger partial charge is 0.462 e. The van der Waals surface area contributed by atoms with Gasteiger partial charge in [0, 0.05) is 19.3 Å². The van der Waals surface area contributed by atoms with Gasteiger partial charge in [-0.2, -0.15) is 0 Å². The van der Waals surface area contributed by atoms with Crippen LogP contribution in [-0.4, -0.2) is 37.2 Å². The Hall–Kier alpha value is -3.67. The minimum Gasteiger partial charge on any atom is -0.462 e. The molecule has 0 bridgehead atoms. The van der Waals surface area contributed by atoms with Crippen LogP contribution in [0.3, 0.4) is 0 Å². The van der Waals surface area contributed by atoms with Crippen LogP contribution in [0.1, 0.15) is 207 Å². The Bertz CT molecular complexity index is 1230. The van der Waals surface area contributed by atoms with Gasteiger partial charge in [0.05, 0.1) is 0 Å². The van der Waals surface area contributed by atoms with Crippen molar-refractivity contribution >= 4 is 17.9 Å². The Morgan fingerprint density at radius 1 is 0.367 bits per heavy atom. The summed E-state index contributed by atoms with van der Waals surface area (Å²) in [6.07, 6.45) is 62.6. The van der Waals surface area contributed by atoms with Gasteiger partial charge in [-0.05, 0) is 64.2 Å². The van der Waals surface area contributed by atoms with E-state index in [1.165, 1.54) is 83.5 Å². The predicted octanol–water partition coefficient (Wildman–Crippen LogP) is 15.8. The normalized spacial score (nSPS) is 12.9. The summed E-state index contributed by atoms with van der Waals surface area (Å²) in [6.45, 7) is 6.28. The van der Waals surface area contributed by atoms with E-state index in [-0.39, 0.29) is 44.0 Å². The topological polar surface area (TPSA) is 78.9 Å². The highest BCUT2D eigenvalue weighted by molar-refractivity contribution is 5.71. The molecule has 0 fully saturated rings. The van der Waals surface area contributed by atoms with Crippen LogP contribution in [0.15, 0.2) is 97.2 Å². The Morgan fingerprint density at radius 3 is 1.27 bits per heavy atom. The zero-order valence-electron chi connectivity index (χ0n) is 38.7. The van der Waals surface area contributed by atoms with Gasteiger partial charge in [0.2, 0.25) is 0 Å². The standard InChI is InChI=1S/C54H88O6/c1-4-7-10-13-16-19-22-24-26-28-29-32-35-38-41-44-47-53(56)59-50-51(49-58-52(55)46-43-40-37-34-31-21-18-15-12-9-6-3)60-54(57)48-45-42-39-36-33-30-27-25-23-20-17-14-11-8-5-2/h8-9,11-12,14,17-18,20-21,23,25,27,30,33-34,37,51H,4-7,10,13,15-16,19,22,24,26,28-29,31-32,35-36,38-50H2,1-3H3/b11-8-,12-9-,17-14-,21-18-,23-20-,27-25-,33-30-,37-34-. The van der Waals surface area contributed by atoms with Crippen molar-refractivity contribution in [3.63, 3.8) is 0 Å².